The van der Waals surface area contributed by atoms with Gasteiger partial charge in [0.25, 0.3) is 0 Å². The van der Waals surface area contributed by atoms with Crippen LogP contribution in [0, 0.1) is 0 Å². The molecule has 0 spiro atoms. The van der Waals surface area contributed by atoms with Gasteiger partial charge in [-0.3, -0.25) is 0 Å². The fraction of sp³-hybridized carbons (Fsp3) is 0.222. The van der Waals surface area contributed by atoms with Crippen LogP contribution >= 0.6 is 24.0 Å². The second-order valence-electron chi connectivity index (χ2n) is 2.74. The molecule has 13 heavy (non-hydrogen) atoms. The van der Waals surface area contributed by atoms with E-state index in [0.717, 1.165) is 0 Å². The second kappa shape index (κ2) is 4.57. The van der Waals surface area contributed by atoms with Gasteiger partial charge in [-0.15, -0.1) is 24.0 Å². The summed E-state index contributed by atoms with van der Waals surface area (Å²) in [5, 5.41) is 18.1. The zero-order valence-corrected chi connectivity index (χ0v) is 9.43. The summed E-state index contributed by atoms with van der Waals surface area (Å²) in [4.78, 5) is 10.6. The molecule has 1 aromatic carbocycles. The normalized spacial score (nSPS) is 14.0. The molecule has 0 aliphatic carbocycles. The van der Waals surface area contributed by atoms with Gasteiger partial charge in [-0.1, -0.05) is 30.3 Å². The first-order valence-corrected chi connectivity index (χ1v) is 3.56. The molecule has 0 saturated carbocycles. The van der Waals surface area contributed by atoms with Gasteiger partial charge >= 0.3 is 5.97 Å². The Balaban J connectivity index is 0.00000144. The van der Waals surface area contributed by atoms with Crippen LogP contribution in [0.5, 0.6) is 0 Å². The zero-order valence-electron chi connectivity index (χ0n) is 7.10. The van der Waals surface area contributed by atoms with Gasteiger partial charge in [-0.25, -0.2) is 4.79 Å². The van der Waals surface area contributed by atoms with Crippen molar-refractivity contribution < 1.29 is 15.0 Å². The maximum Gasteiger partial charge on any atom is 0.340 e. The lowest BCUT2D eigenvalue weighted by atomic mass is 9.97. The smallest absolute Gasteiger partial charge is 0.340 e. The highest BCUT2D eigenvalue weighted by atomic mass is 127. The molecular weight excluding hydrogens is 283 g/mol. The van der Waals surface area contributed by atoms with E-state index in [0.29, 0.717) is 5.56 Å². The third-order valence-electron chi connectivity index (χ3n) is 1.75. The van der Waals surface area contributed by atoms with Gasteiger partial charge in [0, 0.05) is 0 Å². The number of aliphatic carboxylic acids is 1. The third-order valence-corrected chi connectivity index (χ3v) is 1.75. The van der Waals surface area contributed by atoms with Crippen LogP contribution in [-0.4, -0.2) is 16.2 Å². The molecular formula is C9H11IO3. The van der Waals surface area contributed by atoms with E-state index >= 15 is 0 Å². The number of rotatable bonds is 2. The second-order valence-corrected chi connectivity index (χ2v) is 2.74. The molecule has 0 aromatic heterocycles. The van der Waals surface area contributed by atoms with Gasteiger partial charge in [-0.05, 0) is 12.5 Å². The Morgan fingerprint density at radius 3 is 2.15 bits per heavy atom. The van der Waals surface area contributed by atoms with Crippen molar-refractivity contribution in [3.8, 4) is 0 Å². The first kappa shape index (κ1) is 12.4. The molecule has 0 aliphatic rings. The Bertz CT molecular complexity index is 282. The van der Waals surface area contributed by atoms with Crippen molar-refractivity contribution >= 4 is 29.9 Å². The van der Waals surface area contributed by atoms with E-state index in [4.69, 9.17) is 5.11 Å². The number of carboxylic acids is 1. The highest BCUT2D eigenvalue weighted by molar-refractivity contribution is 14.0. The summed E-state index contributed by atoms with van der Waals surface area (Å²) in [6.07, 6.45) is 0. The lowest BCUT2D eigenvalue weighted by molar-refractivity contribution is -0.157. The molecule has 1 aromatic rings. The Morgan fingerprint density at radius 1 is 1.31 bits per heavy atom. The van der Waals surface area contributed by atoms with Gasteiger partial charge in [0.1, 0.15) is 0 Å². The minimum Gasteiger partial charge on any atom is -0.479 e. The number of carbonyl (C=O) groups is 1. The molecule has 0 fully saturated rings. The monoisotopic (exact) mass is 294 g/mol. The van der Waals surface area contributed by atoms with E-state index in [2.05, 4.69) is 0 Å². The summed E-state index contributed by atoms with van der Waals surface area (Å²) in [6.45, 7) is 1.25. The molecule has 1 unspecified atom stereocenters. The SMILES string of the molecule is CC(O)(C(=O)O)c1ccccc1.I. The molecule has 1 rings (SSSR count). The average molecular weight is 294 g/mol. The summed E-state index contributed by atoms with van der Waals surface area (Å²) in [5.74, 6) is -1.24. The summed E-state index contributed by atoms with van der Waals surface area (Å²) < 4.78 is 0. The van der Waals surface area contributed by atoms with Crippen LogP contribution in [0.3, 0.4) is 0 Å². The van der Waals surface area contributed by atoms with Crippen LogP contribution in [-0.2, 0) is 10.4 Å². The van der Waals surface area contributed by atoms with Gasteiger partial charge in [0.2, 0.25) is 0 Å². The molecule has 72 valence electrons. The number of aliphatic hydroxyl groups is 1. The zero-order chi connectivity index (χ0) is 9.19. The Labute approximate surface area is 93.4 Å². The standard InChI is InChI=1S/C9H10O3.HI/c1-9(12,8(10)11)7-5-3-2-4-6-7;/h2-6,12H,1H3,(H,10,11);1H. The lowest BCUT2D eigenvalue weighted by Crippen LogP contribution is -2.31. The maximum absolute atomic E-state index is 10.6. The summed E-state index contributed by atoms with van der Waals surface area (Å²) in [5.41, 5.74) is -1.40. The van der Waals surface area contributed by atoms with Crippen molar-refractivity contribution in [2.45, 2.75) is 12.5 Å². The fourth-order valence-electron chi connectivity index (χ4n) is 0.886. The van der Waals surface area contributed by atoms with E-state index in [1.807, 2.05) is 0 Å². The van der Waals surface area contributed by atoms with Crippen LogP contribution in [0.2, 0.25) is 0 Å². The molecule has 0 saturated heterocycles. The van der Waals surface area contributed by atoms with E-state index < -0.39 is 11.6 Å². The molecule has 0 bridgehead atoms. The molecule has 3 nitrogen and oxygen atoms in total. The van der Waals surface area contributed by atoms with Crippen LogP contribution < -0.4 is 0 Å². The van der Waals surface area contributed by atoms with Crippen LogP contribution in [0.1, 0.15) is 12.5 Å². The number of carboxylic acid groups (broad SMARTS) is 1. The summed E-state index contributed by atoms with van der Waals surface area (Å²) in [7, 11) is 0. The van der Waals surface area contributed by atoms with Crippen LogP contribution in [0.25, 0.3) is 0 Å². The largest absolute Gasteiger partial charge is 0.479 e. The molecule has 0 amide bonds. The minimum atomic E-state index is -1.79. The summed E-state index contributed by atoms with van der Waals surface area (Å²) in [6, 6.07) is 8.29. The van der Waals surface area contributed by atoms with Crippen molar-refractivity contribution in [1.29, 1.82) is 0 Å². The van der Waals surface area contributed by atoms with Crippen molar-refractivity contribution in [2.24, 2.45) is 0 Å². The van der Waals surface area contributed by atoms with Crippen LogP contribution in [0.15, 0.2) is 30.3 Å². The van der Waals surface area contributed by atoms with E-state index in [1.165, 1.54) is 6.92 Å². The van der Waals surface area contributed by atoms with Crippen molar-refractivity contribution in [2.75, 3.05) is 0 Å². The van der Waals surface area contributed by atoms with Crippen molar-refractivity contribution in [1.82, 2.24) is 0 Å². The highest BCUT2D eigenvalue weighted by Gasteiger charge is 2.31. The first-order valence-electron chi connectivity index (χ1n) is 3.56. The van der Waals surface area contributed by atoms with Crippen LogP contribution in [0.4, 0.5) is 0 Å². The maximum atomic E-state index is 10.6. The van der Waals surface area contributed by atoms with Gasteiger partial charge in [0.05, 0.1) is 0 Å². The number of halogens is 1. The van der Waals surface area contributed by atoms with Gasteiger partial charge in [0.15, 0.2) is 5.60 Å². The quantitative estimate of drug-likeness (QED) is 0.815. The minimum absolute atomic E-state index is 0. The Hall–Kier alpha value is -0.620. The molecule has 0 heterocycles. The first-order chi connectivity index (χ1) is 5.55. The van der Waals surface area contributed by atoms with E-state index in [1.54, 1.807) is 30.3 Å². The predicted molar refractivity (Wildman–Crippen MR) is 59.1 cm³/mol. The number of benzene rings is 1. The fourth-order valence-corrected chi connectivity index (χ4v) is 0.886. The number of hydrogen-bond donors (Lipinski definition) is 2. The lowest BCUT2D eigenvalue weighted by Gasteiger charge is -2.17. The number of hydrogen-bond acceptors (Lipinski definition) is 2. The predicted octanol–water partition coefficient (Wildman–Crippen LogP) is 1.60. The average Bonchev–Trinajstić information content (AvgIpc) is 2.06. The highest BCUT2D eigenvalue weighted by Crippen LogP contribution is 2.19. The van der Waals surface area contributed by atoms with Gasteiger partial charge in [-0.2, -0.15) is 0 Å². The van der Waals surface area contributed by atoms with Crippen molar-refractivity contribution in [3.05, 3.63) is 35.9 Å². The van der Waals surface area contributed by atoms with E-state index in [9.17, 15) is 9.90 Å². The molecule has 4 heteroatoms. The molecule has 2 N–H and O–H groups in total. The van der Waals surface area contributed by atoms with E-state index in [-0.39, 0.29) is 24.0 Å². The third kappa shape index (κ3) is 2.67. The topological polar surface area (TPSA) is 57.5 Å². The van der Waals surface area contributed by atoms with Crippen molar-refractivity contribution in [3.63, 3.8) is 0 Å². The molecule has 0 radical (unpaired) electrons. The van der Waals surface area contributed by atoms with Gasteiger partial charge < -0.3 is 10.2 Å². The Kier molecular flexibility index (Phi) is 4.35. The Morgan fingerprint density at radius 2 is 1.77 bits per heavy atom. The summed E-state index contributed by atoms with van der Waals surface area (Å²) >= 11 is 0. The molecule has 0 aliphatic heterocycles. The molecule has 1 atom stereocenters.